The Morgan fingerprint density at radius 3 is 2.83 bits per heavy atom. The van der Waals surface area contributed by atoms with E-state index in [4.69, 9.17) is 0 Å². The Labute approximate surface area is 138 Å². The van der Waals surface area contributed by atoms with Gasteiger partial charge in [0.25, 0.3) is 0 Å². The molecule has 1 amide bonds. The van der Waals surface area contributed by atoms with Crippen LogP contribution in [0.2, 0.25) is 0 Å². The van der Waals surface area contributed by atoms with E-state index in [0.29, 0.717) is 13.0 Å². The van der Waals surface area contributed by atoms with Gasteiger partial charge >= 0.3 is 5.69 Å². The van der Waals surface area contributed by atoms with Crippen LogP contribution in [0.1, 0.15) is 23.3 Å². The molecule has 2 N–H and O–H groups in total. The predicted molar refractivity (Wildman–Crippen MR) is 92.7 cm³/mol. The van der Waals surface area contributed by atoms with Crippen molar-refractivity contribution in [1.82, 2.24) is 14.9 Å². The van der Waals surface area contributed by atoms with E-state index >= 15 is 0 Å². The fraction of sp³-hybridized carbons (Fsp3) is 0.294. The van der Waals surface area contributed by atoms with Gasteiger partial charge in [0.2, 0.25) is 5.91 Å². The molecular weight excluding hydrogens is 310 g/mol. The number of nitrogens with zero attached hydrogens (tertiary/aromatic N) is 1. The van der Waals surface area contributed by atoms with Crippen LogP contribution in [-0.4, -0.2) is 27.8 Å². The van der Waals surface area contributed by atoms with Crippen molar-refractivity contribution in [3.05, 3.63) is 56.6 Å². The van der Waals surface area contributed by atoms with Crippen LogP contribution in [0.5, 0.6) is 0 Å². The van der Waals surface area contributed by atoms with Gasteiger partial charge in [0.1, 0.15) is 0 Å². The first-order valence-electron chi connectivity index (χ1n) is 7.59. The second-order valence-corrected chi connectivity index (χ2v) is 6.67. The number of aryl methyl sites for hydroxylation is 1. The van der Waals surface area contributed by atoms with Crippen molar-refractivity contribution in [2.24, 2.45) is 0 Å². The SMILES string of the molecule is CN(Cc1cccs1)C(=O)CCCc1ccc2[nH]c(=O)[nH]c2c1. The van der Waals surface area contributed by atoms with E-state index in [9.17, 15) is 9.59 Å². The van der Waals surface area contributed by atoms with Gasteiger partial charge in [-0.05, 0) is 42.0 Å². The molecule has 0 spiro atoms. The lowest BCUT2D eigenvalue weighted by molar-refractivity contribution is -0.130. The minimum Gasteiger partial charge on any atom is -0.341 e. The molecule has 3 rings (SSSR count). The standard InChI is InChI=1S/C17H19N3O2S/c1-20(11-13-5-3-9-23-13)16(21)6-2-4-12-7-8-14-15(10-12)19-17(22)18-14/h3,5,7-10H,2,4,6,11H2,1H3,(H2,18,19,22). The fourth-order valence-electron chi connectivity index (χ4n) is 2.59. The molecule has 0 radical (unpaired) electrons. The number of hydrogen-bond acceptors (Lipinski definition) is 3. The van der Waals surface area contributed by atoms with Crippen LogP contribution in [-0.2, 0) is 17.8 Å². The Kier molecular flexibility index (Phi) is 4.62. The molecule has 0 fully saturated rings. The van der Waals surface area contributed by atoms with E-state index in [2.05, 4.69) is 9.97 Å². The Hall–Kier alpha value is -2.34. The van der Waals surface area contributed by atoms with Gasteiger partial charge in [-0.25, -0.2) is 4.79 Å². The zero-order chi connectivity index (χ0) is 16.2. The van der Waals surface area contributed by atoms with Crippen molar-refractivity contribution in [2.75, 3.05) is 7.05 Å². The monoisotopic (exact) mass is 329 g/mol. The summed E-state index contributed by atoms with van der Waals surface area (Å²) in [5.41, 5.74) is 2.56. The van der Waals surface area contributed by atoms with Crippen LogP contribution in [0.15, 0.2) is 40.5 Å². The lowest BCUT2D eigenvalue weighted by Gasteiger charge is -2.16. The maximum absolute atomic E-state index is 12.2. The molecule has 2 heterocycles. The zero-order valence-electron chi connectivity index (χ0n) is 13.0. The number of imidazole rings is 1. The number of hydrogen-bond donors (Lipinski definition) is 2. The van der Waals surface area contributed by atoms with Gasteiger partial charge in [0, 0.05) is 18.3 Å². The average molecular weight is 329 g/mol. The highest BCUT2D eigenvalue weighted by Crippen LogP contribution is 2.14. The van der Waals surface area contributed by atoms with Gasteiger partial charge in [0.05, 0.1) is 17.6 Å². The third kappa shape index (κ3) is 3.90. The number of carbonyl (C=O) groups is 1. The molecule has 0 saturated heterocycles. The summed E-state index contributed by atoms with van der Waals surface area (Å²) in [5, 5.41) is 2.02. The smallest absolute Gasteiger partial charge is 0.323 e. The molecule has 2 aromatic heterocycles. The van der Waals surface area contributed by atoms with Crippen molar-refractivity contribution in [2.45, 2.75) is 25.8 Å². The van der Waals surface area contributed by atoms with Gasteiger partial charge < -0.3 is 14.9 Å². The summed E-state index contributed by atoms with van der Waals surface area (Å²) in [6, 6.07) is 9.90. The summed E-state index contributed by atoms with van der Waals surface area (Å²) in [6.07, 6.45) is 2.15. The Morgan fingerprint density at radius 1 is 1.22 bits per heavy atom. The number of aromatic amines is 2. The normalized spacial score (nSPS) is 11.0. The fourth-order valence-corrected chi connectivity index (χ4v) is 3.35. The van der Waals surface area contributed by atoms with E-state index in [0.717, 1.165) is 29.4 Å². The summed E-state index contributed by atoms with van der Waals surface area (Å²) >= 11 is 1.67. The number of benzene rings is 1. The Bertz CT molecular complexity index is 848. The van der Waals surface area contributed by atoms with Gasteiger partial charge in [-0.3, -0.25) is 4.79 Å². The quantitative estimate of drug-likeness (QED) is 0.730. The average Bonchev–Trinajstić information content (AvgIpc) is 3.14. The zero-order valence-corrected chi connectivity index (χ0v) is 13.8. The van der Waals surface area contributed by atoms with Gasteiger partial charge in [-0.1, -0.05) is 12.1 Å². The molecule has 0 bridgehead atoms. The molecule has 0 unspecified atom stereocenters. The van der Waals surface area contributed by atoms with Crippen molar-refractivity contribution < 1.29 is 4.79 Å². The molecule has 23 heavy (non-hydrogen) atoms. The lowest BCUT2D eigenvalue weighted by Crippen LogP contribution is -2.25. The molecule has 0 saturated carbocycles. The minimum atomic E-state index is -0.192. The summed E-state index contributed by atoms with van der Waals surface area (Å²) < 4.78 is 0. The van der Waals surface area contributed by atoms with Crippen molar-refractivity contribution in [3.63, 3.8) is 0 Å². The Balaban J connectivity index is 1.51. The number of rotatable bonds is 6. The van der Waals surface area contributed by atoms with Gasteiger partial charge in [0.15, 0.2) is 0 Å². The van der Waals surface area contributed by atoms with Crippen LogP contribution < -0.4 is 5.69 Å². The summed E-state index contributed by atoms with van der Waals surface area (Å²) in [7, 11) is 1.85. The first kappa shape index (κ1) is 15.6. The Morgan fingerprint density at radius 2 is 2.04 bits per heavy atom. The lowest BCUT2D eigenvalue weighted by atomic mass is 10.1. The third-order valence-corrected chi connectivity index (χ3v) is 4.70. The highest BCUT2D eigenvalue weighted by Gasteiger charge is 2.10. The van der Waals surface area contributed by atoms with E-state index in [-0.39, 0.29) is 11.6 Å². The second-order valence-electron chi connectivity index (χ2n) is 5.64. The van der Waals surface area contributed by atoms with E-state index in [1.807, 2.05) is 42.8 Å². The van der Waals surface area contributed by atoms with E-state index in [1.54, 1.807) is 16.2 Å². The first-order valence-corrected chi connectivity index (χ1v) is 8.47. The van der Waals surface area contributed by atoms with Crippen LogP contribution in [0, 0.1) is 0 Å². The maximum atomic E-state index is 12.2. The molecule has 0 aliphatic heterocycles. The minimum absolute atomic E-state index is 0.162. The molecule has 120 valence electrons. The number of carbonyl (C=O) groups excluding carboxylic acids is 1. The molecular formula is C17H19N3O2S. The number of H-pyrrole nitrogens is 2. The number of nitrogens with one attached hydrogen (secondary N) is 2. The second kappa shape index (κ2) is 6.83. The molecule has 3 aromatic rings. The summed E-state index contributed by atoms with van der Waals surface area (Å²) in [4.78, 5) is 31.9. The highest BCUT2D eigenvalue weighted by molar-refractivity contribution is 7.09. The maximum Gasteiger partial charge on any atom is 0.323 e. The van der Waals surface area contributed by atoms with Crippen LogP contribution >= 0.6 is 11.3 Å². The van der Waals surface area contributed by atoms with Crippen molar-refractivity contribution in [3.8, 4) is 0 Å². The van der Waals surface area contributed by atoms with Crippen molar-refractivity contribution in [1.29, 1.82) is 0 Å². The predicted octanol–water partition coefficient (Wildman–Crippen LogP) is 2.90. The van der Waals surface area contributed by atoms with Crippen LogP contribution in [0.4, 0.5) is 0 Å². The van der Waals surface area contributed by atoms with Crippen molar-refractivity contribution >= 4 is 28.3 Å². The third-order valence-electron chi connectivity index (χ3n) is 3.84. The largest absolute Gasteiger partial charge is 0.341 e. The number of fused-ring (bicyclic) bond motifs is 1. The topological polar surface area (TPSA) is 69.0 Å². The van der Waals surface area contributed by atoms with Gasteiger partial charge in [-0.2, -0.15) is 0 Å². The molecule has 0 atom stereocenters. The van der Waals surface area contributed by atoms with Gasteiger partial charge in [-0.15, -0.1) is 11.3 Å². The van der Waals surface area contributed by atoms with Crippen LogP contribution in [0.3, 0.4) is 0 Å². The van der Waals surface area contributed by atoms with Crippen LogP contribution in [0.25, 0.3) is 11.0 Å². The molecule has 0 aliphatic rings. The molecule has 1 aromatic carbocycles. The molecule has 5 nitrogen and oxygen atoms in total. The summed E-state index contributed by atoms with van der Waals surface area (Å²) in [6.45, 7) is 0.674. The van der Waals surface area contributed by atoms with E-state index < -0.39 is 0 Å². The molecule has 6 heteroatoms. The van der Waals surface area contributed by atoms with E-state index in [1.165, 1.54) is 4.88 Å². The number of amides is 1. The first-order chi connectivity index (χ1) is 11.1. The molecule has 0 aliphatic carbocycles. The number of thiophene rings is 1. The summed E-state index contributed by atoms with van der Waals surface area (Å²) in [5.74, 6) is 0.162. The highest BCUT2D eigenvalue weighted by atomic mass is 32.1. The number of aromatic nitrogens is 2.